The first kappa shape index (κ1) is 23.0. The Balaban J connectivity index is 1.30. The van der Waals surface area contributed by atoms with E-state index in [1.807, 2.05) is 18.7 Å². The van der Waals surface area contributed by atoms with Gasteiger partial charge >= 0.3 is 6.03 Å². The van der Waals surface area contributed by atoms with Crippen molar-refractivity contribution < 1.29 is 9.59 Å². The van der Waals surface area contributed by atoms with Crippen LogP contribution < -0.4 is 16.2 Å². The lowest BCUT2D eigenvalue weighted by Gasteiger charge is -2.20. The van der Waals surface area contributed by atoms with E-state index in [1.54, 1.807) is 24.3 Å². The van der Waals surface area contributed by atoms with Gasteiger partial charge in [0.05, 0.1) is 5.39 Å². The first-order valence-corrected chi connectivity index (χ1v) is 12.2. The summed E-state index contributed by atoms with van der Waals surface area (Å²) in [7, 11) is 0. The number of carbonyl (C=O) groups is 2. The van der Waals surface area contributed by atoms with Crippen LogP contribution in [0.25, 0.3) is 10.2 Å². The van der Waals surface area contributed by atoms with E-state index in [0.717, 1.165) is 36.4 Å². The van der Waals surface area contributed by atoms with Crippen molar-refractivity contribution in [3.63, 3.8) is 0 Å². The Bertz CT molecular complexity index is 1210. The average Bonchev–Trinajstić information content (AvgIpc) is 2.97. The topological polar surface area (TPSA) is 107 Å². The van der Waals surface area contributed by atoms with E-state index in [-0.39, 0.29) is 23.9 Å². The lowest BCUT2D eigenvalue weighted by molar-refractivity contribution is -0.116. The number of nitrogens with zero attached hydrogens (tertiary/aromatic N) is 2. The number of aryl methyl sites for hydroxylation is 3. The zero-order chi connectivity index (χ0) is 23.4. The Morgan fingerprint density at radius 2 is 1.67 bits per heavy atom. The lowest BCUT2D eigenvalue weighted by atomic mass is 10.2. The Kier molecular flexibility index (Phi) is 7.08. The van der Waals surface area contributed by atoms with Gasteiger partial charge < -0.3 is 20.5 Å². The second kappa shape index (κ2) is 10.2. The fourth-order valence-corrected chi connectivity index (χ4v) is 5.04. The van der Waals surface area contributed by atoms with Crippen molar-refractivity contribution in [3.8, 4) is 0 Å². The van der Waals surface area contributed by atoms with Crippen LogP contribution in [-0.4, -0.2) is 39.9 Å². The van der Waals surface area contributed by atoms with Gasteiger partial charge in [0.25, 0.3) is 5.56 Å². The number of amides is 3. The summed E-state index contributed by atoms with van der Waals surface area (Å²) in [6.45, 7) is 5.47. The third-order valence-corrected chi connectivity index (χ3v) is 7.09. The van der Waals surface area contributed by atoms with Crippen LogP contribution in [0, 0.1) is 13.8 Å². The van der Waals surface area contributed by atoms with Gasteiger partial charge in [-0.3, -0.25) is 9.59 Å². The zero-order valence-corrected chi connectivity index (χ0v) is 19.8. The molecule has 0 unspecified atom stereocenters. The molecule has 1 aliphatic rings. The molecule has 0 aliphatic carbocycles. The maximum absolute atomic E-state index is 12.4. The number of rotatable bonds is 5. The molecule has 3 N–H and O–H groups in total. The van der Waals surface area contributed by atoms with Gasteiger partial charge in [0, 0.05) is 42.2 Å². The molecule has 1 saturated heterocycles. The molecule has 0 bridgehead atoms. The summed E-state index contributed by atoms with van der Waals surface area (Å²) in [6, 6.07) is 7.00. The second-order valence-corrected chi connectivity index (χ2v) is 9.64. The number of aromatic nitrogens is 2. The van der Waals surface area contributed by atoms with Gasteiger partial charge in [-0.25, -0.2) is 9.78 Å². The Morgan fingerprint density at radius 1 is 1.03 bits per heavy atom. The molecule has 0 radical (unpaired) electrons. The molecule has 0 atom stereocenters. The van der Waals surface area contributed by atoms with Gasteiger partial charge in [-0.1, -0.05) is 12.8 Å². The molecule has 8 nitrogen and oxygen atoms in total. The van der Waals surface area contributed by atoms with Gasteiger partial charge in [-0.05, 0) is 56.5 Å². The number of fused-ring (bicyclic) bond motifs is 1. The van der Waals surface area contributed by atoms with Crippen LogP contribution in [0.15, 0.2) is 29.1 Å². The number of hydrogen-bond donors (Lipinski definition) is 3. The number of carbonyl (C=O) groups excluding carboxylic acids is 2. The van der Waals surface area contributed by atoms with E-state index < -0.39 is 0 Å². The highest BCUT2D eigenvalue weighted by Gasteiger charge is 2.16. The van der Waals surface area contributed by atoms with Gasteiger partial charge in [-0.15, -0.1) is 11.3 Å². The van der Waals surface area contributed by atoms with Crippen molar-refractivity contribution in [3.05, 3.63) is 50.9 Å². The molecule has 0 saturated carbocycles. The third kappa shape index (κ3) is 5.60. The molecule has 1 aromatic carbocycles. The third-order valence-electron chi connectivity index (χ3n) is 5.99. The number of aromatic amines is 1. The summed E-state index contributed by atoms with van der Waals surface area (Å²) in [6.07, 6.45) is 4.98. The maximum atomic E-state index is 12.4. The minimum atomic E-state index is -0.169. The standard InChI is InChI=1S/C24H29N5O3S/c1-15-16(2)33-23-21(15)22(31)27-19(28-23)11-12-20(30)25-17-7-9-18(10-8-17)26-24(32)29-13-5-3-4-6-14-29/h7-10H,3-6,11-14H2,1-2H3,(H,25,30)(H,26,32)(H,27,28,31). The molecule has 3 aromatic rings. The molecule has 1 fully saturated rings. The minimum Gasteiger partial charge on any atom is -0.326 e. The molecule has 3 heterocycles. The van der Waals surface area contributed by atoms with Crippen LogP contribution in [-0.2, 0) is 11.2 Å². The summed E-state index contributed by atoms with van der Waals surface area (Å²) in [4.78, 5) is 48.2. The zero-order valence-electron chi connectivity index (χ0n) is 19.0. The van der Waals surface area contributed by atoms with Crippen molar-refractivity contribution >= 4 is 44.9 Å². The van der Waals surface area contributed by atoms with Crippen molar-refractivity contribution in [2.24, 2.45) is 0 Å². The van der Waals surface area contributed by atoms with Gasteiger partial charge in [0.15, 0.2) is 0 Å². The molecule has 9 heteroatoms. The SMILES string of the molecule is Cc1sc2nc(CCC(=O)Nc3ccc(NC(=O)N4CCCCCC4)cc3)[nH]c(=O)c2c1C. The quantitative estimate of drug-likeness (QED) is 0.510. The summed E-state index contributed by atoms with van der Waals surface area (Å²) >= 11 is 1.49. The summed E-state index contributed by atoms with van der Waals surface area (Å²) < 4.78 is 0. The normalized spacial score (nSPS) is 14.2. The number of benzene rings is 1. The van der Waals surface area contributed by atoms with E-state index in [1.165, 1.54) is 24.2 Å². The minimum absolute atomic E-state index is 0.0803. The second-order valence-electron chi connectivity index (χ2n) is 8.43. The molecule has 4 rings (SSSR count). The van der Waals surface area contributed by atoms with Crippen LogP contribution >= 0.6 is 11.3 Å². The number of likely N-dealkylation sites (tertiary alicyclic amines) is 1. The molecule has 2 aromatic heterocycles. The summed E-state index contributed by atoms with van der Waals surface area (Å²) in [5.41, 5.74) is 2.14. The maximum Gasteiger partial charge on any atom is 0.321 e. The average molecular weight is 468 g/mol. The summed E-state index contributed by atoms with van der Waals surface area (Å²) in [5, 5.41) is 6.41. The van der Waals surface area contributed by atoms with Crippen molar-refractivity contribution in [2.45, 2.75) is 52.4 Å². The van der Waals surface area contributed by atoms with Crippen LogP contribution in [0.3, 0.4) is 0 Å². The predicted molar refractivity (Wildman–Crippen MR) is 132 cm³/mol. The molecular formula is C24H29N5O3S. The Labute approximate surface area is 196 Å². The van der Waals surface area contributed by atoms with Gasteiger partial charge in [-0.2, -0.15) is 0 Å². The molecule has 174 valence electrons. The number of thiophene rings is 1. The van der Waals surface area contributed by atoms with Gasteiger partial charge in [0.2, 0.25) is 5.91 Å². The first-order chi connectivity index (χ1) is 15.9. The molecular weight excluding hydrogens is 438 g/mol. The van der Waals surface area contributed by atoms with Crippen molar-refractivity contribution in [1.82, 2.24) is 14.9 Å². The fraction of sp³-hybridized carbons (Fsp3) is 0.417. The first-order valence-electron chi connectivity index (χ1n) is 11.4. The van der Waals surface area contributed by atoms with E-state index >= 15 is 0 Å². The van der Waals surface area contributed by atoms with E-state index in [2.05, 4.69) is 20.6 Å². The predicted octanol–water partition coefficient (Wildman–Crippen LogP) is 4.58. The number of H-pyrrole nitrogens is 1. The van der Waals surface area contributed by atoms with E-state index in [0.29, 0.717) is 33.8 Å². The smallest absolute Gasteiger partial charge is 0.321 e. The number of nitrogens with one attached hydrogen (secondary N) is 3. The van der Waals surface area contributed by atoms with E-state index in [9.17, 15) is 14.4 Å². The largest absolute Gasteiger partial charge is 0.326 e. The number of hydrogen-bond acceptors (Lipinski definition) is 5. The van der Waals surface area contributed by atoms with Crippen molar-refractivity contribution in [2.75, 3.05) is 23.7 Å². The number of urea groups is 1. The molecule has 1 aliphatic heterocycles. The summed E-state index contributed by atoms with van der Waals surface area (Å²) in [5.74, 6) is 0.341. The highest BCUT2D eigenvalue weighted by Crippen LogP contribution is 2.25. The molecule has 3 amide bonds. The monoisotopic (exact) mass is 467 g/mol. The highest BCUT2D eigenvalue weighted by atomic mass is 32.1. The van der Waals surface area contributed by atoms with Crippen LogP contribution in [0.5, 0.6) is 0 Å². The fourth-order valence-electron chi connectivity index (χ4n) is 3.99. The van der Waals surface area contributed by atoms with Crippen molar-refractivity contribution in [1.29, 1.82) is 0 Å². The molecule has 33 heavy (non-hydrogen) atoms. The highest BCUT2D eigenvalue weighted by molar-refractivity contribution is 7.18. The Morgan fingerprint density at radius 3 is 2.33 bits per heavy atom. The Hall–Kier alpha value is -3.20. The van der Waals surface area contributed by atoms with Gasteiger partial charge in [0.1, 0.15) is 10.7 Å². The van der Waals surface area contributed by atoms with E-state index in [4.69, 9.17) is 0 Å². The van der Waals surface area contributed by atoms with Crippen LogP contribution in [0.1, 0.15) is 48.4 Å². The number of anilines is 2. The van der Waals surface area contributed by atoms with Crippen LogP contribution in [0.4, 0.5) is 16.2 Å². The molecule has 0 spiro atoms. The van der Waals surface area contributed by atoms with Crippen LogP contribution in [0.2, 0.25) is 0 Å². The lowest BCUT2D eigenvalue weighted by Crippen LogP contribution is -2.35.